The first kappa shape index (κ1) is 14.8. The number of carbonyl (C=O) groups excluding carboxylic acids is 2. The number of hydrogen-bond donors (Lipinski definition) is 1. The van der Waals surface area contributed by atoms with E-state index in [-0.39, 0.29) is 11.1 Å². The fourth-order valence-electron chi connectivity index (χ4n) is 2.80. The van der Waals surface area contributed by atoms with Gasteiger partial charge in [0, 0.05) is 23.6 Å². The van der Waals surface area contributed by atoms with Gasteiger partial charge in [-0.3, -0.25) is 14.9 Å². The molecule has 5 heteroatoms. The maximum Gasteiger partial charge on any atom is 0.290 e. The van der Waals surface area contributed by atoms with Crippen LogP contribution in [0.2, 0.25) is 0 Å². The van der Waals surface area contributed by atoms with Crippen molar-refractivity contribution in [3.63, 3.8) is 0 Å². The standard InChI is InChI=1S/C19H14N2O2S/c22-18-17(24-19(23)20-18)11-14-6-7-16-15(10-14)8-9-21(16)12-13-4-2-1-3-5-13/h1-11H,12H2,(H,20,22,23). The summed E-state index contributed by atoms with van der Waals surface area (Å²) in [4.78, 5) is 23.3. The average Bonchev–Trinajstić information content (AvgIpc) is 3.11. The Hall–Kier alpha value is -2.79. The van der Waals surface area contributed by atoms with Gasteiger partial charge in [0.1, 0.15) is 0 Å². The van der Waals surface area contributed by atoms with Gasteiger partial charge in [-0.1, -0.05) is 36.4 Å². The van der Waals surface area contributed by atoms with E-state index in [1.54, 1.807) is 6.08 Å². The SMILES string of the molecule is O=C1NC(=O)C(=Cc2ccc3c(ccn3Cc3ccccc3)c2)S1. The third kappa shape index (κ3) is 2.86. The predicted octanol–water partition coefficient (Wildman–Crippen LogP) is 4.01. The molecule has 2 amide bonds. The normalized spacial score (nSPS) is 16.1. The number of imide groups is 1. The molecule has 1 saturated heterocycles. The molecule has 4 rings (SSSR count). The van der Waals surface area contributed by atoms with Gasteiger partial charge in [0.25, 0.3) is 11.1 Å². The van der Waals surface area contributed by atoms with Crippen LogP contribution in [-0.4, -0.2) is 15.7 Å². The number of rotatable bonds is 3. The van der Waals surface area contributed by atoms with Crippen molar-refractivity contribution >= 4 is 39.9 Å². The van der Waals surface area contributed by atoms with Crippen LogP contribution < -0.4 is 5.32 Å². The highest BCUT2D eigenvalue weighted by Crippen LogP contribution is 2.27. The molecule has 4 nitrogen and oxygen atoms in total. The van der Waals surface area contributed by atoms with Gasteiger partial charge in [-0.05, 0) is 47.2 Å². The highest BCUT2D eigenvalue weighted by molar-refractivity contribution is 8.18. The second-order valence-corrected chi connectivity index (χ2v) is 6.61. The molecule has 24 heavy (non-hydrogen) atoms. The molecule has 1 aromatic heterocycles. The van der Waals surface area contributed by atoms with E-state index in [2.05, 4.69) is 34.3 Å². The fraction of sp³-hybridized carbons (Fsp3) is 0.0526. The molecule has 0 spiro atoms. The van der Waals surface area contributed by atoms with E-state index < -0.39 is 0 Å². The summed E-state index contributed by atoms with van der Waals surface area (Å²) in [5.74, 6) is -0.327. The van der Waals surface area contributed by atoms with Crippen LogP contribution >= 0.6 is 11.8 Å². The van der Waals surface area contributed by atoms with Crippen molar-refractivity contribution in [1.82, 2.24) is 9.88 Å². The van der Waals surface area contributed by atoms with E-state index in [0.717, 1.165) is 34.8 Å². The number of nitrogens with zero attached hydrogens (tertiary/aromatic N) is 1. The number of amides is 2. The molecule has 0 saturated carbocycles. The molecule has 118 valence electrons. The van der Waals surface area contributed by atoms with Crippen LogP contribution in [0.5, 0.6) is 0 Å². The first-order valence-electron chi connectivity index (χ1n) is 7.57. The molecule has 3 aromatic rings. The minimum atomic E-state index is -0.327. The summed E-state index contributed by atoms with van der Waals surface area (Å²) in [5.41, 5.74) is 3.30. The first-order valence-corrected chi connectivity index (χ1v) is 8.38. The van der Waals surface area contributed by atoms with Gasteiger partial charge in [0.05, 0.1) is 4.91 Å². The lowest BCUT2D eigenvalue weighted by Crippen LogP contribution is -2.17. The lowest BCUT2D eigenvalue weighted by Gasteiger charge is -2.06. The predicted molar refractivity (Wildman–Crippen MR) is 96.6 cm³/mol. The molecule has 0 unspecified atom stereocenters. The Labute approximate surface area is 143 Å². The lowest BCUT2D eigenvalue weighted by atomic mass is 10.1. The fourth-order valence-corrected chi connectivity index (χ4v) is 3.48. The number of fused-ring (bicyclic) bond motifs is 1. The topological polar surface area (TPSA) is 51.1 Å². The van der Waals surface area contributed by atoms with Crippen LogP contribution in [0.4, 0.5) is 4.79 Å². The second kappa shape index (κ2) is 6.02. The number of benzene rings is 2. The van der Waals surface area contributed by atoms with Gasteiger partial charge in [-0.2, -0.15) is 0 Å². The van der Waals surface area contributed by atoms with Crippen LogP contribution in [0.15, 0.2) is 65.7 Å². The van der Waals surface area contributed by atoms with Crippen molar-refractivity contribution in [1.29, 1.82) is 0 Å². The van der Waals surface area contributed by atoms with E-state index in [0.29, 0.717) is 4.91 Å². The van der Waals surface area contributed by atoms with Crippen LogP contribution in [0, 0.1) is 0 Å². The van der Waals surface area contributed by atoms with Crippen LogP contribution in [-0.2, 0) is 11.3 Å². The average molecular weight is 334 g/mol. The Balaban J connectivity index is 1.65. The Morgan fingerprint density at radius 1 is 1.04 bits per heavy atom. The molecule has 2 heterocycles. The largest absolute Gasteiger partial charge is 0.343 e. The Morgan fingerprint density at radius 3 is 2.62 bits per heavy atom. The highest BCUT2D eigenvalue weighted by atomic mass is 32.2. The Morgan fingerprint density at radius 2 is 1.88 bits per heavy atom. The smallest absolute Gasteiger partial charge is 0.290 e. The van der Waals surface area contributed by atoms with E-state index in [1.807, 2.05) is 36.4 Å². The van der Waals surface area contributed by atoms with Crippen molar-refractivity contribution in [3.05, 3.63) is 76.8 Å². The molecule has 2 aromatic carbocycles. The Kier molecular flexibility index (Phi) is 3.70. The van der Waals surface area contributed by atoms with Crippen LogP contribution in [0.25, 0.3) is 17.0 Å². The third-order valence-corrected chi connectivity index (χ3v) is 4.74. The lowest BCUT2D eigenvalue weighted by molar-refractivity contribution is -0.115. The Bertz CT molecular complexity index is 973. The summed E-state index contributed by atoms with van der Waals surface area (Å²) in [7, 11) is 0. The molecule has 0 bridgehead atoms. The van der Waals surface area contributed by atoms with Crippen molar-refractivity contribution in [3.8, 4) is 0 Å². The van der Waals surface area contributed by atoms with Crippen molar-refractivity contribution in [2.45, 2.75) is 6.54 Å². The summed E-state index contributed by atoms with van der Waals surface area (Å²) in [6, 6.07) is 18.4. The maximum absolute atomic E-state index is 11.6. The molecule has 0 aliphatic carbocycles. The number of carbonyl (C=O) groups is 2. The van der Waals surface area contributed by atoms with E-state index in [9.17, 15) is 9.59 Å². The molecular weight excluding hydrogens is 320 g/mol. The molecule has 1 aliphatic heterocycles. The highest BCUT2D eigenvalue weighted by Gasteiger charge is 2.24. The molecule has 0 radical (unpaired) electrons. The van der Waals surface area contributed by atoms with E-state index in [1.165, 1.54) is 5.56 Å². The van der Waals surface area contributed by atoms with Gasteiger partial charge >= 0.3 is 0 Å². The second-order valence-electron chi connectivity index (χ2n) is 5.60. The molecule has 1 aliphatic rings. The van der Waals surface area contributed by atoms with Gasteiger partial charge in [0.2, 0.25) is 0 Å². The van der Waals surface area contributed by atoms with E-state index >= 15 is 0 Å². The number of hydrogen-bond acceptors (Lipinski definition) is 3. The molecule has 1 fully saturated rings. The van der Waals surface area contributed by atoms with E-state index in [4.69, 9.17) is 0 Å². The number of nitrogens with one attached hydrogen (secondary N) is 1. The van der Waals surface area contributed by atoms with Crippen LogP contribution in [0.3, 0.4) is 0 Å². The summed E-state index contributed by atoms with van der Waals surface area (Å²) in [5, 5.41) is 3.06. The zero-order valence-corrected chi connectivity index (χ0v) is 13.5. The van der Waals surface area contributed by atoms with Gasteiger partial charge < -0.3 is 4.57 Å². The summed E-state index contributed by atoms with van der Waals surface area (Å²) < 4.78 is 2.20. The number of thioether (sulfide) groups is 1. The van der Waals surface area contributed by atoms with Crippen molar-refractivity contribution < 1.29 is 9.59 Å². The summed E-state index contributed by atoms with van der Waals surface area (Å²) >= 11 is 0.937. The molecule has 0 atom stereocenters. The van der Waals surface area contributed by atoms with Gasteiger partial charge in [-0.25, -0.2) is 0 Å². The zero-order chi connectivity index (χ0) is 16.5. The van der Waals surface area contributed by atoms with Gasteiger partial charge in [-0.15, -0.1) is 0 Å². The van der Waals surface area contributed by atoms with Crippen molar-refractivity contribution in [2.75, 3.05) is 0 Å². The van der Waals surface area contributed by atoms with Crippen LogP contribution in [0.1, 0.15) is 11.1 Å². The minimum Gasteiger partial charge on any atom is -0.343 e. The molecular formula is C19H14N2O2S. The number of aromatic nitrogens is 1. The summed E-state index contributed by atoms with van der Waals surface area (Å²) in [6.45, 7) is 0.817. The van der Waals surface area contributed by atoms with Gasteiger partial charge in [0.15, 0.2) is 0 Å². The minimum absolute atomic E-state index is 0.318. The first-order chi connectivity index (χ1) is 11.7. The third-order valence-electron chi connectivity index (χ3n) is 3.93. The zero-order valence-electron chi connectivity index (χ0n) is 12.7. The summed E-state index contributed by atoms with van der Waals surface area (Å²) in [6.07, 6.45) is 3.81. The maximum atomic E-state index is 11.6. The monoisotopic (exact) mass is 334 g/mol. The molecule has 1 N–H and O–H groups in total. The van der Waals surface area contributed by atoms with Crippen molar-refractivity contribution in [2.24, 2.45) is 0 Å². The quantitative estimate of drug-likeness (QED) is 0.736.